The molecule has 0 aromatic rings. The van der Waals surface area contributed by atoms with Crippen LogP contribution in [0.5, 0.6) is 0 Å². The Balaban J connectivity index is 1.29. The van der Waals surface area contributed by atoms with Crippen LogP contribution in [0.1, 0.15) is 32.6 Å². The summed E-state index contributed by atoms with van der Waals surface area (Å²) >= 11 is 0. The molecule has 0 aromatic heterocycles. The lowest BCUT2D eigenvalue weighted by Crippen LogP contribution is -2.58. The first-order valence-corrected chi connectivity index (χ1v) is 11.0. The second kappa shape index (κ2) is 8.66. The van der Waals surface area contributed by atoms with Gasteiger partial charge in [-0.15, -0.1) is 0 Å². The molecule has 1 N–H and O–H groups in total. The molecule has 25 heavy (non-hydrogen) atoms. The summed E-state index contributed by atoms with van der Waals surface area (Å²) in [7, 11) is 0. The third-order valence-electron chi connectivity index (χ3n) is 7.31. The van der Waals surface area contributed by atoms with Gasteiger partial charge in [-0.2, -0.15) is 0 Å². The SMILES string of the molecule is CCN1CCN(C2CNCCC2CN2CCC(N3CCCC3)C2)CC1. The largest absolute Gasteiger partial charge is 0.315 e. The molecule has 4 heterocycles. The average Bonchev–Trinajstić information content (AvgIpc) is 3.34. The Kier molecular flexibility index (Phi) is 6.30. The minimum atomic E-state index is 0.763. The van der Waals surface area contributed by atoms with E-state index in [1.54, 1.807) is 0 Å². The number of nitrogens with one attached hydrogen (secondary N) is 1. The fourth-order valence-electron chi connectivity index (χ4n) is 5.66. The van der Waals surface area contributed by atoms with E-state index < -0.39 is 0 Å². The van der Waals surface area contributed by atoms with Crippen LogP contribution in [0.25, 0.3) is 0 Å². The standard InChI is InChI=1S/C20H39N5/c1-2-22-11-13-25(14-12-22)20-15-21-7-5-18(20)16-23-10-6-19(17-23)24-8-3-4-9-24/h18-21H,2-17H2,1H3. The summed E-state index contributed by atoms with van der Waals surface area (Å²) < 4.78 is 0. The van der Waals surface area contributed by atoms with Gasteiger partial charge in [0.2, 0.25) is 0 Å². The van der Waals surface area contributed by atoms with Crippen molar-refractivity contribution in [2.24, 2.45) is 5.92 Å². The molecule has 5 nitrogen and oxygen atoms in total. The van der Waals surface area contributed by atoms with Crippen molar-refractivity contribution >= 4 is 0 Å². The van der Waals surface area contributed by atoms with Crippen molar-refractivity contribution in [1.82, 2.24) is 24.9 Å². The Bertz CT molecular complexity index is 403. The summed E-state index contributed by atoms with van der Waals surface area (Å²) in [6.07, 6.45) is 5.63. The molecule has 4 saturated heterocycles. The van der Waals surface area contributed by atoms with Crippen LogP contribution in [0, 0.1) is 5.92 Å². The lowest BCUT2D eigenvalue weighted by atomic mass is 9.90. The predicted molar refractivity (Wildman–Crippen MR) is 104 cm³/mol. The Labute approximate surface area is 154 Å². The van der Waals surface area contributed by atoms with Crippen LogP contribution >= 0.6 is 0 Å². The maximum Gasteiger partial charge on any atom is 0.0262 e. The molecule has 0 spiro atoms. The van der Waals surface area contributed by atoms with Crippen molar-refractivity contribution < 1.29 is 0 Å². The van der Waals surface area contributed by atoms with Crippen LogP contribution in [0.2, 0.25) is 0 Å². The molecule has 0 amide bonds. The van der Waals surface area contributed by atoms with Gasteiger partial charge in [0, 0.05) is 57.9 Å². The van der Waals surface area contributed by atoms with E-state index in [2.05, 4.69) is 31.8 Å². The van der Waals surface area contributed by atoms with Gasteiger partial charge in [0.15, 0.2) is 0 Å². The summed E-state index contributed by atoms with van der Waals surface area (Å²) in [6.45, 7) is 17.7. The van der Waals surface area contributed by atoms with E-state index in [1.165, 1.54) is 104 Å². The van der Waals surface area contributed by atoms with Crippen molar-refractivity contribution in [2.45, 2.75) is 44.7 Å². The Hall–Kier alpha value is -0.200. The van der Waals surface area contributed by atoms with E-state index in [9.17, 15) is 0 Å². The minimum Gasteiger partial charge on any atom is -0.315 e. The summed E-state index contributed by atoms with van der Waals surface area (Å²) in [5, 5.41) is 3.68. The predicted octanol–water partition coefficient (Wildman–Crippen LogP) is 0.772. The molecule has 5 heteroatoms. The first kappa shape index (κ1) is 18.2. The number of hydrogen-bond acceptors (Lipinski definition) is 5. The van der Waals surface area contributed by atoms with E-state index in [-0.39, 0.29) is 0 Å². The Morgan fingerprint density at radius 2 is 1.64 bits per heavy atom. The molecular formula is C20H39N5. The molecule has 4 aliphatic rings. The summed E-state index contributed by atoms with van der Waals surface area (Å²) in [5.41, 5.74) is 0. The van der Waals surface area contributed by atoms with Crippen molar-refractivity contribution in [1.29, 1.82) is 0 Å². The first-order valence-electron chi connectivity index (χ1n) is 11.0. The molecule has 3 atom stereocenters. The molecule has 4 rings (SSSR count). The highest BCUT2D eigenvalue weighted by Crippen LogP contribution is 2.25. The fourth-order valence-corrected chi connectivity index (χ4v) is 5.66. The van der Waals surface area contributed by atoms with Crippen molar-refractivity contribution in [2.75, 3.05) is 78.5 Å². The lowest BCUT2D eigenvalue weighted by Gasteiger charge is -2.45. The average molecular weight is 350 g/mol. The smallest absolute Gasteiger partial charge is 0.0262 e. The van der Waals surface area contributed by atoms with Crippen molar-refractivity contribution in [3.05, 3.63) is 0 Å². The number of likely N-dealkylation sites (N-methyl/N-ethyl adjacent to an activating group) is 1. The van der Waals surface area contributed by atoms with E-state index in [4.69, 9.17) is 0 Å². The van der Waals surface area contributed by atoms with Gasteiger partial charge in [-0.05, 0) is 64.3 Å². The molecule has 0 radical (unpaired) electrons. The number of likely N-dealkylation sites (tertiary alicyclic amines) is 2. The Morgan fingerprint density at radius 3 is 2.40 bits per heavy atom. The van der Waals surface area contributed by atoms with Crippen molar-refractivity contribution in [3.8, 4) is 0 Å². The van der Waals surface area contributed by atoms with E-state index in [1.807, 2.05) is 0 Å². The first-order chi connectivity index (χ1) is 12.3. The van der Waals surface area contributed by atoms with Gasteiger partial charge < -0.3 is 15.1 Å². The number of piperidine rings is 1. The van der Waals surface area contributed by atoms with E-state index >= 15 is 0 Å². The fraction of sp³-hybridized carbons (Fsp3) is 1.00. The number of piperazine rings is 1. The Morgan fingerprint density at radius 1 is 0.840 bits per heavy atom. The third-order valence-corrected chi connectivity index (χ3v) is 7.31. The molecule has 3 unspecified atom stereocenters. The molecule has 0 saturated carbocycles. The second-order valence-corrected chi connectivity index (χ2v) is 8.74. The molecule has 144 valence electrons. The number of nitrogens with zero attached hydrogens (tertiary/aromatic N) is 4. The zero-order valence-corrected chi connectivity index (χ0v) is 16.3. The second-order valence-electron chi connectivity index (χ2n) is 8.74. The monoisotopic (exact) mass is 349 g/mol. The molecular weight excluding hydrogens is 310 g/mol. The molecule has 0 aromatic carbocycles. The van der Waals surface area contributed by atoms with Gasteiger partial charge in [-0.25, -0.2) is 0 Å². The third kappa shape index (κ3) is 4.38. The maximum atomic E-state index is 3.68. The van der Waals surface area contributed by atoms with Crippen LogP contribution in [-0.2, 0) is 0 Å². The highest BCUT2D eigenvalue weighted by molar-refractivity contribution is 4.92. The minimum absolute atomic E-state index is 0.763. The van der Waals surface area contributed by atoms with Crippen LogP contribution in [0.3, 0.4) is 0 Å². The summed E-state index contributed by atoms with van der Waals surface area (Å²) in [4.78, 5) is 11.0. The van der Waals surface area contributed by atoms with Gasteiger partial charge >= 0.3 is 0 Å². The van der Waals surface area contributed by atoms with Gasteiger partial charge in [-0.3, -0.25) is 9.80 Å². The van der Waals surface area contributed by atoms with Gasteiger partial charge in [0.25, 0.3) is 0 Å². The lowest BCUT2D eigenvalue weighted by molar-refractivity contribution is 0.0468. The van der Waals surface area contributed by atoms with Gasteiger partial charge in [-0.1, -0.05) is 6.92 Å². The zero-order valence-electron chi connectivity index (χ0n) is 16.3. The number of rotatable bonds is 5. The molecule has 4 fully saturated rings. The van der Waals surface area contributed by atoms with Crippen LogP contribution in [0.4, 0.5) is 0 Å². The molecule has 4 aliphatic heterocycles. The van der Waals surface area contributed by atoms with E-state index in [0.717, 1.165) is 18.0 Å². The van der Waals surface area contributed by atoms with E-state index in [0.29, 0.717) is 0 Å². The quantitative estimate of drug-likeness (QED) is 0.791. The van der Waals surface area contributed by atoms with Gasteiger partial charge in [0.1, 0.15) is 0 Å². The van der Waals surface area contributed by atoms with Crippen molar-refractivity contribution in [3.63, 3.8) is 0 Å². The topological polar surface area (TPSA) is 25.0 Å². The van der Waals surface area contributed by atoms with Crippen LogP contribution in [0.15, 0.2) is 0 Å². The summed E-state index contributed by atoms with van der Waals surface area (Å²) in [5.74, 6) is 0.867. The van der Waals surface area contributed by atoms with Crippen LogP contribution < -0.4 is 5.32 Å². The highest BCUT2D eigenvalue weighted by atomic mass is 15.3. The van der Waals surface area contributed by atoms with Crippen LogP contribution in [-0.4, -0.2) is 110 Å². The highest BCUT2D eigenvalue weighted by Gasteiger charge is 2.35. The molecule has 0 aliphatic carbocycles. The maximum absolute atomic E-state index is 3.68. The summed E-state index contributed by atoms with van der Waals surface area (Å²) in [6, 6.07) is 1.62. The normalized spacial score (nSPS) is 37.1. The number of hydrogen-bond donors (Lipinski definition) is 1. The molecule has 0 bridgehead atoms. The van der Waals surface area contributed by atoms with Gasteiger partial charge in [0.05, 0.1) is 0 Å². The zero-order chi connectivity index (χ0) is 17.1.